The second-order valence-corrected chi connectivity index (χ2v) is 3.06. The van der Waals surface area contributed by atoms with E-state index in [2.05, 4.69) is 9.92 Å². The first kappa shape index (κ1) is 8.73. The lowest BCUT2D eigenvalue weighted by Gasteiger charge is -1.98. The standard InChI is InChI=1S/C7H7NO3S/c8-7(9)11-12(10)6-4-2-1-3-5-6/h1-5H,(H2,8,9). The van der Waals surface area contributed by atoms with E-state index >= 15 is 0 Å². The molecule has 0 aromatic heterocycles. The molecule has 0 aliphatic heterocycles. The van der Waals surface area contributed by atoms with Crippen LogP contribution in [0.3, 0.4) is 0 Å². The molecule has 2 N–H and O–H groups in total. The Hall–Kier alpha value is -1.36. The van der Waals surface area contributed by atoms with Crippen molar-refractivity contribution in [2.24, 2.45) is 5.73 Å². The third kappa shape index (κ3) is 2.35. The Balaban J connectivity index is 2.73. The van der Waals surface area contributed by atoms with Crippen LogP contribution in [-0.2, 0) is 15.3 Å². The van der Waals surface area contributed by atoms with Gasteiger partial charge in [-0.05, 0) is 12.1 Å². The molecule has 0 aliphatic carbocycles. The fourth-order valence-electron chi connectivity index (χ4n) is 0.654. The number of hydrogen-bond acceptors (Lipinski definition) is 3. The minimum absolute atomic E-state index is 0.413. The molecule has 0 saturated heterocycles. The topological polar surface area (TPSA) is 69.4 Å². The summed E-state index contributed by atoms with van der Waals surface area (Å²) in [5.74, 6) is 0. The monoisotopic (exact) mass is 185 g/mol. The van der Waals surface area contributed by atoms with Gasteiger partial charge in [-0.3, -0.25) is 0 Å². The van der Waals surface area contributed by atoms with Crippen LogP contribution in [0, 0.1) is 0 Å². The van der Waals surface area contributed by atoms with Gasteiger partial charge in [0.05, 0.1) is 4.90 Å². The number of carbonyl (C=O) groups is 1. The molecule has 1 unspecified atom stereocenters. The minimum atomic E-state index is -1.79. The van der Waals surface area contributed by atoms with Gasteiger partial charge in [0.2, 0.25) is 11.1 Å². The number of rotatable bonds is 2. The van der Waals surface area contributed by atoms with Crippen LogP contribution < -0.4 is 5.73 Å². The minimum Gasteiger partial charge on any atom is -0.343 e. The molecule has 1 amide bonds. The highest BCUT2D eigenvalue weighted by atomic mass is 32.2. The fraction of sp³-hybridized carbons (Fsp3) is 0. The molecule has 0 aliphatic rings. The second kappa shape index (κ2) is 3.87. The van der Waals surface area contributed by atoms with Crippen molar-refractivity contribution in [3.05, 3.63) is 30.3 Å². The number of amides is 1. The van der Waals surface area contributed by atoms with Crippen molar-refractivity contribution in [1.82, 2.24) is 0 Å². The van der Waals surface area contributed by atoms with E-state index in [4.69, 9.17) is 0 Å². The Labute approximate surface area is 72.0 Å². The highest BCUT2D eigenvalue weighted by Crippen LogP contribution is 2.05. The summed E-state index contributed by atoms with van der Waals surface area (Å²) in [5, 5.41) is 0. The van der Waals surface area contributed by atoms with Crippen molar-refractivity contribution in [3.63, 3.8) is 0 Å². The van der Waals surface area contributed by atoms with Gasteiger partial charge in [0.1, 0.15) is 0 Å². The second-order valence-electron chi connectivity index (χ2n) is 1.95. The van der Waals surface area contributed by atoms with Crippen molar-refractivity contribution in [1.29, 1.82) is 0 Å². The number of carbonyl (C=O) groups excluding carboxylic acids is 1. The van der Waals surface area contributed by atoms with Crippen LogP contribution in [-0.4, -0.2) is 10.3 Å². The van der Waals surface area contributed by atoms with Crippen LogP contribution in [0.15, 0.2) is 35.2 Å². The summed E-state index contributed by atoms with van der Waals surface area (Å²) in [6, 6.07) is 8.32. The van der Waals surface area contributed by atoms with Crippen molar-refractivity contribution >= 4 is 17.2 Å². The van der Waals surface area contributed by atoms with Crippen LogP contribution >= 0.6 is 0 Å². The van der Waals surface area contributed by atoms with Gasteiger partial charge in [0.25, 0.3) is 0 Å². The molecule has 1 aromatic carbocycles. The average molecular weight is 185 g/mol. The van der Waals surface area contributed by atoms with E-state index < -0.39 is 17.2 Å². The molecule has 4 nitrogen and oxygen atoms in total. The van der Waals surface area contributed by atoms with E-state index in [0.29, 0.717) is 4.90 Å². The Morgan fingerprint density at radius 1 is 1.33 bits per heavy atom. The zero-order valence-corrected chi connectivity index (χ0v) is 6.91. The van der Waals surface area contributed by atoms with Crippen LogP contribution in [0.2, 0.25) is 0 Å². The lowest BCUT2D eigenvalue weighted by atomic mass is 10.4. The molecule has 1 rings (SSSR count). The quantitative estimate of drug-likeness (QED) is 0.741. The summed E-state index contributed by atoms with van der Waals surface area (Å²) in [7, 11) is 0. The highest BCUT2D eigenvalue weighted by Gasteiger charge is 2.06. The van der Waals surface area contributed by atoms with Crippen LogP contribution in [0.5, 0.6) is 0 Å². The largest absolute Gasteiger partial charge is 0.418 e. The zero-order chi connectivity index (χ0) is 8.97. The van der Waals surface area contributed by atoms with Crippen LogP contribution in [0.1, 0.15) is 0 Å². The maximum atomic E-state index is 11.0. The molecule has 0 fully saturated rings. The van der Waals surface area contributed by atoms with Gasteiger partial charge in [-0.25, -0.2) is 9.00 Å². The summed E-state index contributed by atoms with van der Waals surface area (Å²) < 4.78 is 15.3. The molecule has 0 radical (unpaired) electrons. The summed E-state index contributed by atoms with van der Waals surface area (Å²) in [6.45, 7) is 0. The Morgan fingerprint density at radius 2 is 1.92 bits per heavy atom. The van der Waals surface area contributed by atoms with Gasteiger partial charge in [-0.15, -0.1) is 0 Å². The average Bonchev–Trinajstić information content (AvgIpc) is 2.05. The Bertz CT molecular complexity index is 299. The molecular weight excluding hydrogens is 178 g/mol. The van der Waals surface area contributed by atoms with Crippen molar-refractivity contribution in [2.75, 3.05) is 0 Å². The summed E-state index contributed by atoms with van der Waals surface area (Å²) in [5.41, 5.74) is 4.68. The first-order valence-corrected chi connectivity index (χ1v) is 4.22. The third-order valence-corrected chi connectivity index (χ3v) is 2.07. The summed E-state index contributed by atoms with van der Waals surface area (Å²) in [4.78, 5) is 10.6. The van der Waals surface area contributed by atoms with Gasteiger partial charge >= 0.3 is 6.09 Å². The Kier molecular flexibility index (Phi) is 2.82. The third-order valence-electron chi connectivity index (χ3n) is 1.09. The zero-order valence-electron chi connectivity index (χ0n) is 6.10. The van der Waals surface area contributed by atoms with Crippen LogP contribution in [0.25, 0.3) is 0 Å². The Morgan fingerprint density at radius 3 is 2.42 bits per heavy atom. The number of nitrogens with two attached hydrogens (primary N) is 1. The maximum Gasteiger partial charge on any atom is 0.418 e. The van der Waals surface area contributed by atoms with Crippen LogP contribution in [0.4, 0.5) is 4.79 Å². The number of benzene rings is 1. The SMILES string of the molecule is NC(=O)OS(=O)c1ccccc1. The van der Waals surface area contributed by atoms with Gasteiger partial charge < -0.3 is 9.92 Å². The molecule has 0 heterocycles. The predicted octanol–water partition coefficient (Wildman–Crippen LogP) is 0.805. The highest BCUT2D eigenvalue weighted by molar-refractivity contribution is 7.80. The van der Waals surface area contributed by atoms with E-state index in [1.165, 1.54) is 0 Å². The van der Waals surface area contributed by atoms with Gasteiger partial charge in [0.15, 0.2) is 0 Å². The van der Waals surface area contributed by atoms with Gasteiger partial charge in [0, 0.05) is 0 Å². The number of hydrogen-bond donors (Lipinski definition) is 1. The fourth-order valence-corrected chi connectivity index (χ4v) is 1.28. The van der Waals surface area contributed by atoms with E-state index in [1.54, 1.807) is 30.3 Å². The molecule has 1 aromatic rings. The molecular formula is C7H7NO3S. The molecule has 64 valence electrons. The molecule has 1 atom stereocenters. The van der Waals surface area contributed by atoms with E-state index in [0.717, 1.165) is 0 Å². The smallest absolute Gasteiger partial charge is 0.343 e. The molecule has 0 spiro atoms. The lowest BCUT2D eigenvalue weighted by Crippen LogP contribution is -2.14. The van der Waals surface area contributed by atoms with Crippen molar-refractivity contribution < 1.29 is 13.2 Å². The molecule has 0 bridgehead atoms. The first-order valence-electron chi connectivity index (χ1n) is 3.15. The summed E-state index contributed by atoms with van der Waals surface area (Å²) >= 11 is -1.79. The van der Waals surface area contributed by atoms with Gasteiger partial charge in [-0.1, -0.05) is 18.2 Å². The normalized spacial score (nSPS) is 12.0. The van der Waals surface area contributed by atoms with E-state index in [9.17, 15) is 9.00 Å². The van der Waals surface area contributed by atoms with Crippen molar-refractivity contribution in [2.45, 2.75) is 4.90 Å². The van der Waals surface area contributed by atoms with E-state index in [-0.39, 0.29) is 0 Å². The molecule has 12 heavy (non-hydrogen) atoms. The number of primary amides is 1. The first-order chi connectivity index (χ1) is 5.70. The molecule has 0 saturated carbocycles. The van der Waals surface area contributed by atoms with Crippen molar-refractivity contribution in [3.8, 4) is 0 Å². The maximum absolute atomic E-state index is 11.0. The predicted molar refractivity (Wildman–Crippen MR) is 43.5 cm³/mol. The van der Waals surface area contributed by atoms with Gasteiger partial charge in [-0.2, -0.15) is 0 Å². The van der Waals surface area contributed by atoms with E-state index in [1.807, 2.05) is 0 Å². The molecule has 5 heteroatoms. The summed E-state index contributed by atoms with van der Waals surface area (Å²) in [6.07, 6.45) is -1.04. The lowest BCUT2D eigenvalue weighted by molar-refractivity contribution is 0.216.